The third-order valence-corrected chi connectivity index (χ3v) is 3.32. The first kappa shape index (κ1) is 16.2. The lowest BCUT2D eigenvalue weighted by atomic mass is 9.90. The van der Waals surface area contributed by atoms with Gasteiger partial charge in [-0.05, 0) is 44.4 Å². The second kappa shape index (κ2) is 7.08. The van der Waals surface area contributed by atoms with Crippen LogP contribution in [0.15, 0.2) is 18.2 Å². The standard InChI is InChI=1S/C9H10BN.C6H14O2/c10-9-2-1-7-3-4-11-6-8(7)5-9;1-4-5(7)6(2,3)8/h1-2,5,11H,3-4,6H2;5,7-8H,4H2,1-3H3. The van der Waals surface area contributed by atoms with Crippen molar-refractivity contribution in [2.75, 3.05) is 6.54 Å². The van der Waals surface area contributed by atoms with E-state index in [0.29, 0.717) is 6.42 Å². The van der Waals surface area contributed by atoms with Gasteiger partial charge in [0, 0.05) is 6.54 Å². The van der Waals surface area contributed by atoms with Crippen LogP contribution in [-0.2, 0) is 13.0 Å². The van der Waals surface area contributed by atoms with Crippen LogP contribution in [0.1, 0.15) is 38.3 Å². The van der Waals surface area contributed by atoms with Crippen LogP contribution in [0.5, 0.6) is 0 Å². The molecule has 0 spiro atoms. The van der Waals surface area contributed by atoms with Gasteiger partial charge in [-0.3, -0.25) is 0 Å². The average Bonchev–Trinajstić information content (AvgIpc) is 2.37. The summed E-state index contributed by atoms with van der Waals surface area (Å²) >= 11 is 0. The number of aliphatic hydroxyl groups excluding tert-OH is 1. The monoisotopic (exact) mass is 261 g/mol. The highest BCUT2D eigenvalue weighted by Crippen LogP contribution is 2.11. The summed E-state index contributed by atoms with van der Waals surface area (Å²) in [4.78, 5) is 0. The van der Waals surface area contributed by atoms with Crippen molar-refractivity contribution in [3.63, 3.8) is 0 Å². The van der Waals surface area contributed by atoms with E-state index in [1.165, 1.54) is 11.1 Å². The lowest BCUT2D eigenvalue weighted by molar-refractivity contribution is -0.0488. The van der Waals surface area contributed by atoms with E-state index in [2.05, 4.69) is 17.4 Å². The van der Waals surface area contributed by atoms with Crippen LogP contribution in [0.25, 0.3) is 0 Å². The minimum absolute atomic E-state index is 0.595. The van der Waals surface area contributed by atoms with Crippen molar-refractivity contribution in [1.29, 1.82) is 0 Å². The highest BCUT2D eigenvalue weighted by Gasteiger charge is 2.21. The number of fused-ring (bicyclic) bond motifs is 1. The molecule has 1 heterocycles. The first-order valence-corrected chi connectivity index (χ1v) is 6.83. The van der Waals surface area contributed by atoms with Gasteiger partial charge < -0.3 is 15.5 Å². The Balaban J connectivity index is 0.000000203. The zero-order chi connectivity index (χ0) is 14.5. The third kappa shape index (κ3) is 5.35. The van der Waals surface area contributed by atoms with Crippen LogP contribution >= 0.6 is 0 Å². The average molecular weight is 261 g/mol. The Morgan fingerprint density at radius 3 is 2.58 bits per heavy atom. The molecular formula is C15H24BNO2. The second-order valence-electron chi connectivity index (χ2n) is 5.53. The van der Waals surface area contributed by atoms with Crippen molar-refractivity contribution in [3.05, 3.63) is 29.3 Å². The van der Waals surface area contributed by atoms with Gasteiger partial charge in [0.15, 0.2) is 0 Å². The molecule has 0 aliphatic carbocycles. The summed E-state index contributed by atoms with van der Waals surface area (Å²) in [7, 11) is 5.65. The highest BCUT2D eigenvalue weighted by molar-refractivity contribution is 6.32. The number of benzene rings is 1. The Hall–Kier alpha value is -0.835. The maximum Gasteiger partial charge on any atom is 0.113 e. The molecule has 3 nitrogen and oxygen atoms in total. The van der Waals surface area contributed by atoms with Crippen LogP contribution in [0.2, 0.25) is 0 Å². The molecule has 2 radical (unpaired) electrons. The normalized spacial score (nSPS) is 16.1. The first-order chi connectivity index (χ1) is 8.84. The van der Waals surface area contributed by atoms with Gasteiger partial charge in [-0.1, -0.05) is 30.6 Å². The van der Waals surface area contributed by atoms with Crippen molar-refractivity contribution < 1.29 is 10.2 Å². The van der Waals surface area contributed by atoms with E-state index < -0.39 is 11.7 Å². The Bertz CT molecular complexity index is 402. The summed E-state index contributed by atoms with van der Waals surface area (Å²) in [5, 5.41) is 21.3. The van der Waals surface area contributed by atoms with Crippen LogP contribution in [0.4, 0.5) is 0 Å². The molecule has 1 atom stereocenters. The fraction of sp³-hybridized carbons (Fsp3) is 0.600. The largest absolute Gasteiger partial charge is 0.390 e. The quantitative estimate of drug-likeness (QED) is 0.685. The number of nitrogens with one attached hydrogen (secondary N) is 1. The minimum atomic E-state index is -0.936. The zero-order valence-corrected chi connectivity index (χ0v) is 12.1. The molecule has 1 aliphatic rings. The van der Waals surface area contributed by atoms with Gasteiger partial charge in [0.05, 0.1) is 11.7 Å². The Kier molecular flexibility index (Phi) is 6.05. The van der Waals surface area contributed by atoms with E-state index >= 15 is 0 Å². The Labute approximate surface area is 117 Å². The lowest BCUT2D eigenvalue weighted by Gasteiger charge is -2.22. The van der Waals surface area contributed by atoms with Gasteiger partial charge in [0.25, 0.3) is 0 Å². The number of hydrogen-bond acceptors (Lipinski definition) is 3. The molecule has 1 aromatic rings. The molecule has 0 saturated heterocycles. The SMILES string of the molecule is CCC(O)C(C)(C)O.[B]c1ccc2c(c1)CNCC2. The molecule has 3 N–H and O–H groups in total. The second-order valence-corrected chi connectivity index (χ2v) is 5.53. The van der Waals surface area contributed by atoms with E-state index in [4.69, 9.17) is 18.1 Å². The van der Waals surface area contributed by atoms with E-state index in [1.807, 2.05) is 13.0 Å². The van der Waals surface area contributed by atoms with Crippen LogP contribution in [0, 0.1) is 0 Å². The number of rotatable bonds is 2. The molecule has 0 fully saturated rings. The molecule has 0 aromatic heterocycles. The fourth-order valence-electron chi connectivity index (χ4n) is 2.00. The molecule has 1 unspecified atom stereocenters. The van der Waals surface area contributed by atoms with Crippen molar-refractivity contribution >= 4 is 13.3 Å². The summed E-state index contributed by atoms with van der Waals surface area (Å²) < 4.78 is 0. The Morgan fingerprint density at radius 2 is 2.05 bits per heavy atom. The molecule has 0 bridgehead atoms. The predicted molar refractivity (Wildman–Crippen MR) is 79.8 cm³/mol. The van der Waals surface area contributed by atoms with E-state index in [-0.39, 0.29) is 0 Å². The van der Waals surface area contributed by atoms with Crippen molar-refractivity contribution in [3.8, 4) is 0 Å². The molecule has 2 rings (SSSR count). The van der Waals surface area contributed by atoms with Gasteiger partial charge in [0.2, 0.25) is 0 Å². The van der Waals surface area contributed by atoms with E-state index in [1.54, 1.807) is 13.8 Å². The third-order valence-electron chi connectivity index (χ3n) is 3.32. The lowest BCUT2D eigenvalue weighted by Crippen LogP contribution is -2.34. The predicted octanol–water partition coefficient (Wildman–Crippen LogP) is 0.654. The molecule has 104 valence electrons. The molecule has 4 heteroatoms. The summed E-state index contributed by atoms with van der Waals surface area (Å²) in [6, 6.07) is 6.16. The highest BCUT2D eigenvalue weighted by atomic mass is 16.3. The van der Waals surface area contributed by atoms with E-state index in [9.17, 15) is 0 Å². The van der Waals surface area contributed by atoms with Crippen LogP contribution < -0.4 is 10.8 Å². The number of hydrogen-bond donors (Lipinski definition) is 3. The Morgan fingerprint density at radius 1 is 1.37 bits per heavy atom. The van der Waals surface area contributed by atoms with E-state index in [0.717, 1.165) is 25.0 Å². The molecule has 1 aliphatic heterocycles. The fourth-order valence-corrected chi connectivity index (χ4v) is 2.00. The number of aliphatic hydroxyl groups is 2. The van der Waals surface area contributed by atoms with Gasteiger partial charge >= 0.3 is 0 Å². The van der Waals surface area contributed by atoms with Crippen molar-refractivity contribution in [2.45, 2.75) is 51.9 Å². The van der Waals surface area contributed by atoms with Crippen LogP contribution in [0.3, 0.4) is 0 Å². The topological polar surface area (TPSA) is 52.5 Å². The van der Waals surface area contributed by atoms with Gasteiger partial charge in [0.1, 0.15) is 7.85 Å². The molecule has 1 aromatic carbocycles. The molecule has 0 amide bonds. The van der Waals surface area contributed by atoms with Gasteiger partial charge in [-0.15, -0.1) is 0 Å². The maximum absolute atomic E-state index is 9.04. The molecule has 0 saturated carbocycles. The molecular weight excluding hydrogens is 237 g/mol. The van der Waals surface area contributed by atoms with Gasteiger partial charge in [-0.2, -0.15) is 0 Å². The van der Waals surface area contributed by atoms with Gasteiger partial charge in [-0.25, -0.2) is 0 Å². The summed E-state index contributed by atoms with van der Waals surface area (Å²) in [5.74, 6) is 0. The summed E-state index contributed by atoms with van der Waals surface area (Å²) in [6.07, 6.45) is 1.14. The van der Waals surface area contributed by atoms with Crippen molar-refractivity contribution in [1.82, 2.24) is 5.32 Å². The summed E-state index contributed by atoms with van der Waals surface area (Å²) in [5.41, 5.74) is 2.73. The smallest absolute Gasteiger partial charge is 0.113 e. The minimum Gasteiger partial charge on any atom is -0.390 e. The maximum atomic E-state index is 9.04. The molecule has 19 heavy (non-hydrogen) atoms. The zero-order valence-electron chi connectivity index (χ0n) is 12.1. The van der Waals surface area contributed by atoms with Crippen molar-refractivity contribution in [2.24, 2.45) is 0 Å². The first-order valence-electron chi connectivity index (χ1n) is 6.83. The summed E-state index contributed by atoms with van der Waals surface area (Å²) in [6.45, 7) is 7.10. The van der Waals surface area contributed by atoms with Crippen LogP contribution in [-0.4, -0.2) is 36.3 Å².